The van der Waals surface area contributed by atoms with Crippen molar-refractivity contribution in [2.24, 2.45) is 29.1 Å². The van der Waals surface area contributed by atoms with E-state index >= 15 is 0 Å². The van der Waals surface area contributed by atoms with Gasteiger partial charge in [0.05, 0.1) is 17.4 Å². The minimum absolute atomic E-state index is 0.0457. The Kier molecular flexibility index (Phi) is 13.1. The van der Waals surface area contributed by atoms with Gasteiger partial charge in [0, 0.05) is 0 Å². The third-order valence-corrected chi connectivity index (χ3v) is 10.3. The number of esters is 1. The Balaban J connectivity index is 1.30. The molecule has 0 aromatic heterocycles. The van der Waals surface area contributed by atoms with E-state index in [0.29, 0.717) is 0 Å². The minimum Gasteiger partial charge on any atom is -0.462 e. The number of ether oxygens (including phenoxy) is 1. The van der Waals surface area contributed by atoms with Crippen LogP contribution in [-0.4, -0.2) is 12.1 Å². The van der Waals surface area contributed by atoms with Crippen LogP contribution in [0, 0.1) is 40.4 Å². The van der Waals surface area contributed by atoms with E-state index in [1.165, 1.54) is 103 Å². The molecule has 0 aromatic rings. The Hall–Kier alpha value is -1.04. The normalized spacial score (nSPS) is 33.1. The zero-order valence-electron chi connectivity index (χ0n) is 23.9. The van der Waals surface area contributed by atoms with Gasteiger partial charge in [0.15, 0.2) is 0 Å². The number of rotatable bonds is 14. The summed E-state index contributed by atoms with van der Waals surface area (Å²) in [5.41, 5.74) is -0.165. The molecule has 3 aliphatic carbocycles. The molecule has 3 nitrogen and oxygen atoms in total. The molecule has 0 spiro atoms. The highest BCUT2D eigenvalue weighted by Gasteiger charge is 2.38. The molecule has 0 aliphatic heterocycles. The summed E-state index contributed by atoms with van der Waals surface area (Å²) in [6.07, 6.45) is 28.3. The van der Waals surface area contributed by atoms with Crippen LogP contribution in [0.25, 0.3) is 0 Å². The van der Waals surface area contributed by atoms with Crippen molar-refractivity contribution in [3.05, 3.63) is 0 Å². The van der Waals surface area contributed by atoms with Crippen molar-refractivity contribution in [3.63, 3.8) is 0 Å². The van der Waals surface area contributed by atoms with Gasteiger partial charge in [-0.15, -0.1) is 0 Å². The van der Waals surface area contributed by atoms with E-state index in [1.807, 2.05) is 0 Å². The van der Waals surface area contributed by atoms with Crippen LogP contribution < -0.4 is 0 Å². The van der Waals surface area contributed by atoms with Gasteiger partial charge in [0.1, 0.15) is 6.10 Å². The fourth-order valence-corrected chi connectivity index (χ4v) is 7.64. The van der Waals surface area contributed by atoms with E-state index in [2.05, 4.69) is 19.9 Å². The fourth-order valence-electron chi connectivity index (χ4n) is 7.64. The molecule has 3 rings (SSSR count). The number of carbonyl (C=O) groups is 1. The summed E-state index contributed by atoms with van der Waals surface area (Å²) in [6, 6.07) is 2.66. The standard InChI is InChI=1S/C33H57NO2/c1-3-5-7-9-11-23-33(26-34)24-21-31(22-25-33)36-32(35)30-19-17-29(18-20-30)28-15-13-27(14-16-28)12-10-8-6-4-2/h27-31H,3-25H2,1-2H3. The largest absolute Gasteiger partial charge is 0.462 e. The molecule has 0 saturated heterocycles. The van der Waals surface area contributed by atoms with Gasteiger partial charge in [-0.25, -0.2) is 0 Å². The van der Waals surface area contributed by atoms with Gasteiger partial charge >= 0.3 is 5.97 Å². The van der Waals surface area contributed by atoms with E-state index in [1.54, 1.807) is 0 Å². The van der Waals surface area contributed by atoms with Crippen LogP contribution in [0.1, 0.15) is 162 Å². The predicted molar refractivity (Wildman–Crippen MR) is 149 cm³/mol. The van der Waals surface area contributed by atoms with E-state index < -0.39 is 0 Å². The van der Waals surface area contributed by atoms with Gasteiger partial charge in [0.25, 0.3) is 0 Å². The highest BCUT2D eigenvalue weighted by molar-refractivity contribution is 5.72. The third kappa shape index (κ3) is 9.36. The summed E-state index contributed by atoms with van der Waals surface area (Å²) in [4.78, 5) is 13.0. The van der Waals surface area contributed by atoms with Crippen LogP contribution in [-0.2, 0) is 9.53 Å². The number of carbonyl (C=O) groups excluding carboxylic acids is 1. The highest BCUT2D eigenvalue weighted by atomic mass is 16.5. The first-order chi connectivity index (χ1) is 17.6. The number of hydrogen-bond donors (Lipinski definition) is 0. The van der Waals surface area contributed by atoms with Crippen LogP contribution in [0.15, 0.2) is 0 Å². The molecule has 3 heteroatoms. The van der Waals surface area contributed by atoms with Crippen LogP contribution in [0.3, 0.4) is 0 Å². The third-order valence-electron chi connectivity index (χ3n) is 10.3. The molecule has 36 heavy (non-hydrogen) atoms. The zero-order valence-corrected chi connectivity index (χ0v) is 23.9. The molecule has 0 aromatic carbocycles. The number of nitriles is 1. The van der Waals surface area contributed by atoms with Crippen molar-refractivity contribution in [2.75, 3.05) is 0 Å². The zero-order chi connectivity index (χ0) is 25.6. The van der Waals surface area contributed by atoms with Crippen molar-refractivity contribution < 1.29 is 9.53 Å². The minimum atomic E-state index is -0.165. The van der Waals surface area contributed by atoms with Gasteiger partial charge in [-0.3, -0.25) is 4.79 Å². The predicted octanol–water partition coefficient (Wildman–Crippen LogP) is 9.93. The van der Waals surface area contributed by atoms with Crippen LogP contribution >= 0.6 is 0 Å². The SMILES string of the molecule is CCCCCCCC1(C#N)CCC(OC(=O)C2CCC(C3CCC(CCCCCC)CC3)CC2)CC1. The van der Waals surface area contributed by atoms with Crippen molar-refractivity contribution in [2.45, 2.75) is 168 Å². The molecule has 0 heterocycles. The lowest BCUT2D eigenvalue weighted by molar-refractivity contribution is -0.158. The quantitative estimate of drug-likeness (QED) is 0.176. The van der Waals surface area contributed by atoms with E-state index in [-0.39, 0.29) is 23.4 Å². The Bertz CT molecular complexity index is 643. The van der Waals surface area contributed by atoms with Gasteiger partial charge in [-0.2, -0.15) is 5.26 Å². The van der Waals surface area contributed by atoms with E-state index in [9.17, 15) is 10.1 Å². The van der Waals surface area contributed by atoms with Gasteiger partial charge in [-0.05, 0) is 88.4 Å². The molecular weight excluding hydrogens is 442 g/mol. The molecular formula is C33H57NO2. The molecule has 0 unspecified atom stereocenters. The second-order valence-corrected chi connectivity index (χ2v) is 12.9. The summed E-state index contributed by atoms with van der Waals surface area (Å²) in [5, 5.41) is 9.86. The smallest absolute Gasteiger partial charge is 0.309 e. The second-order valence-electron chi connectivity index (χ2n) is 12.9. The number of unbranched alkanes of at least 4 members (excludes halogenated alkanes) is 7. The molecule has 0 amide bonds. The second kappa shape index (κ2) is 16.0. The van der Waals surface area contributed by atoms with Crippen molar-refractivity contribution in [1.82, 2.24) is 0 Å². The monoisotopic (exact) mass is 499 g/mol. The first-order valence-electron chi connectivity index (χ1n) is 16.2. The molecule has 3 saturated carbocycles. The first-order valence-corrected chi connectivity index (χ1v) is 16.2. The van der Waals surface area contributed by atoms with Crippen LogP contribution in [0.5, 0.6) is 0 Å². The lowest BCUT2D eigenvalue weighted by Gasteiger charge is -2.38. The molecule has 206 valence electrons. The number of nitrogens with zero attached hydrogens (tertiary/aromatic N) is 1. The van der Waals surface area contributed by atoms with Crippen molar-refractivity contribution in [3.8, 4) is 6.07 Å². The Morgan fingerprint density at radius 3 is 1.89 bits per heavy atom. The summed E-state index contributed by atoms with van der Waals surface area (Å²) in [7, 11) is 0. The topological polar surface area (TPSA) is 50.1 Å². The van der Waals surface area contributed by atoms with Gasteiger partial charge in [-0.1, -0.05) is 90.9 Å². The maximum absolute atomic E-state index is 13.0. The molecule has 0 atom stereocenters. The lowest BCUT2D eigenvalue weighted by Crippen LogP contribution is -2.34. The summed E-state index contributed by atoms with van der Waals surface area (Å²) in [6.45, 7) is 4.54. The lowest BCUT2D eigenvalue weighted by atomic mass is 9.68. The molecule has 0 bridgehead atoms. The van der Waals surface area contributed by atoms with E-state index in [0.717, 1.165) is 62.7 Å². The summed E-state index contributed by atoms with van der Waals surface area (Å²) >= 11 is 0. The highest BCUT2D eigenvalue weighted by Crippen LogP contribution is 2.44. The Morgan fingerprint density at radius 2 is 1.31 bits per heavy atom. The van der Waals surface area contributed by atoms with Gasteiger partial charge in [0.2, 0.25) is 0 Å². The number of hydrogen-bond acceptors (Lipinski definition) is 3. The van der Waals surface area contributed by atoms with Crippen LogP contribution in [0.2, 0.25) is 0 Å². The Morgan fingerprint density at radius 1 is 0.750 bits per heavy atom. The molecule has 0 N–H and O–H groups in total. The van der Waals surface area contributed by atoms with Crippen molar-refractivity contribution >= 4 is 5.97 Å². The first kappa shape index (κ1) is 29.5. The average molecular weight is 500 g/mol. The van der Waals surface area contributed by atoms with Crippen LogP contribution in [0.4, 0.5) is 0 Å². The Labute approximate surface area is 223 Å². The average Bonchev–Trinajstić information content (AvgIpc) is 2.92. The summed E-state index contributed by atoms with van der Waals surface area (Å²) in [5.74, 6) is 2.93. The fraction of sp³-hybridized carbons (Fsp3) is 0.939. The molecule has 3 fully saturated rings. The van der Waals surface area contributed by atoms with E-state index in [4.69, 9.17) is 4.74 Å². The summed E-state index contributed by atoms with van der Waals surface area (Å²) < 4.78 is 6.03. The van der Waals surface area contributed by atoms with Crippen molar-refractivity contribution in [1.29, 1.82) is 5.26 Å². The maximum Gasteiger partial charge on any atom is 0.309 e. The van der Waals surface area contributed by atoms with Gasteiger partial charge < -0.3 is 4.74 Å². The maximum atomic E-state index is 13.0. The molecule has 3 aliphatic rings. The molecule has 0 radical (unpaired) electrons.